The number of nitrogens with one attached hydrogen (secondary N) is 2. The maximum absolute atomic E-state index is 12.2. The summed E-state index contributed by atoms with van der Waals surface area (Å²) >= 11 is 0. The number of aryl methyl sites for hydroxylation is 2. The number of amides is 1. The lowest BCUT2D eigenvalue weighted by Gasteiger charge is -2.19. The Hall–Kier alpha value is -2.07. The predicted molar refractivity (Wildman–Crippen MR) is 84.3 cm³/mol. The Morgan fingerprint density at radius 3 is 2.38 bits per heavy atom. The van der Waals surface area contributed by atoms with Crippen molar-refractivity contribution in [2.45, 2.75) is 39.8 Å². The fourth-order valence-corrected chi connectivity index (χ4v) is 2.39. The fourth-order valence-electron chi connectivity index (χ4n) is 2.39. The number of anilines is 1. The molecule has 1 amide bonds. The van der Waals surface area contributed by atoms with Crippen LogP contribution < -0.4 is 10.6 Å². The first-order chi connectivity index (χ1) is 9.97. The lowest BCUT2D eigenvalue weighted by molar-refractivity contribution is -0.117. The van der Waals surface area contributed by atoms with E-state index in [1.54, 1.807) is 0 Å². The van der Waals surface area contributed by atoms with Crippen molar-refractivity contribution in [1.29, 1.82) is 0 Å². The number of benzene rings is 1. The molecule has 0 aliphatic heterocycles. The summed E-state index contributed by atoms with van der Waals surface area (Å²) in [5, 5.41) is 6.19. The van der Waals surface area contributed by atoms with E-state index in [2.05, 4.69) is 10.6 Å². The van der Waals surface area contributed by atoms with Crippen molar-refractivity contribution in [1.82, 2.24) is 5.32 Å². The zero-order valence-corrected chi connectivity index (χ0v) is 12.9. The molecule has 0 fully saturated rings. The van der Waals surface area contributed by atoms with Crippen LogP contribution in [0.25, 0.3) is 0 Å². The van der Waals surface area contributed by atoms with E-state index in [1.807, 2.05) is 64.1 Å². The van der Waals surface area contributed by atoms with Gasteiger partial charge in [-0.05, 0) is 45.9 Å². The van der Waals surface area contributed by atoms with Crippen molar-refractivity contribution >= 4 is 11.6 Å². The van der Waals surface area contributed by atoms with Crippen LogP contribution in [0, 0.1) is 13.8 Å². The molecule has 4 heteroatoms. The van der Waals surface area contributed by atoms with E-state index in [9.17, 15) is 4.79 Å². The van der Waals surface area contributed by atoms with Crippen LogP contribution in [0.1, 0.15) is 37.0 Å². The molecule has 0 radical (unpaired) electrons. The first kappa shape index (κ1) is 15.3. The SMILES string of the molecule is Cc1cc(C(C)NC(C)C(=O)Nc2ccccc2)c(C)o1. The molecule has 2 aromatic rings. The van der Waals surface area contributed by atoms with Crippen molar-refractivity contribution in [3.8, 4) is 0 Å². The smallest absolute Gasteiger partial charge is 0.241 e. The summed E-state index contributed by atoms with van der Waals surface area (Å²) in [7, 11) is 0. The summed E-state index contributed by atoms with van der Waals surface area (Å²) in [6, 6.07) is 11.2. The normalized spacial score (nSPS) is 13.7. The Kier molecular flexibility index (Phi) is 4.81. The van der Waals surface area contributed by atoms with Gasteiger partial charge in [-0.2, -0.15) is 0 Å². The van der Waals surface area contributed by atoms with Crippen LogP contribution >= 0.6 is 0 Å². The number of para-hydroxylation sites is 1. The third-order valence-electron chi connectivity index (χ3n) is 3.48. The van der Waals surface area contributed by atoms with Gasteiger partial charge in [0.1, 0.15) is 11.5 Å². The lowest BCUT2D eigenvalue weighted by Crippen LogP contribution is -2.39. The summed E-state index contributed by atoms with van der Waals surface area (Å²) in [6.07, 6.45) is 0. The molecule has 2 unspecified atom stereocenters. The minimum absolute atomic E-state index is 0.0501. The standard InChI is InChI=1S/C17H22N2O2/c1-11-10-16(14(4)21-11)12(2)18-13(3)17(20)19-15-8-6-5-7-9-15/h5-10,12-13,18H,1-4H3,(H,19,20). The zero-order chi connectivity index (χ0) is 15.4. The van der Waals surface area contributed by atoms with Crippen molar-refractivity contribution < 1.29 is 9.21 Å². The second kappa shape index (κ2) is 6.59. The Labute approximate surface area is 125 Å². The van der Waals surface area contributed by atoms with Gasteiger partial charge in [0.25, 0.3) is 0 Å². The van der Waals surface area contributed by atoms with E-state index in [-0.39, 0.29) is 18.0 Å². The molecular weight excluding hydrogens is 264 g/mol. The molecule has 1 aromatic carbocycles. The Morgan fingerprint density at radius 2 is 1.81 bits per heavy atom. The minimum Gasteiger partial charge on any atom is -0.466 e. The zero-order valence-electron chi connectivity index (χ0n) is 12.9. The number of carbonyl (C=O) groups excluding carboxylic acids is 1. The molecule has 21 heavy (non-hydrogen) atoms. The van der Waals surface area contributed by atoms with Gasteiger partial charge in [0, 0.05) is 17.3 Å². The average Bonchev–Trinajstić information content (AvgIpc) is 2.78. The topological polar surface area (TPSA) is 54.3 Å². The van der Waals surface area contributed by atoms with Crippen molar-refractivity contribution in [2.75, 3.05) is 5.32 Å². The molecule has 0 saturated carbocycles. The number of furan rings is 1. The third-order valence-corrected chi connectivity index (χ3v) is 3.48. The molecule has 4 nitrogen and oxygen atoms in total. The number of hydrogen-bond donors (Lipinski definition) is 2. The van der Waals surface area contributed by atoms with E-state index in [0.29, 0.717) is 0 Å². The van der Waals surface area contributed by atoms with E-state index < -0.39 is 0 Å². The molecule has 2 rings (SSSR count). The highest BCUT2D eigenvalue weighted by Crippen LogP contribution is 2.21. The quantitative estimate of drug-likeness (QED) is 0.883. The van der Waals surface area contributed by atoms with Gasteiger partial charge in [0.2, 0.25) is 5.91 Å². The monoisotopic (exact) mass is 286 g/mol. The Bertz CT molecular complexity index is 605. The van der Waals surface area contributed by atoms with Gasteiger partial charge in [-0.15, -0.1) is 0 Å². The van der Waals surface area contributed by atoms with Crippen LogP contribution in [0.15, 0.2) is 40.8 Å². The fraction of sp³-hybridized carbons (Fsp3) is 0.353. The van der Waals surface area contributed by atoms with Crippen LogP contribution in [-0.4, -0.2) is 11.9 Å². The molecule has 1 heterocycles. The molecule has 2 N–H and O–H groups in total. The molecular formula is C17H22N2O2. The number of hydrogen-bond acceptors (Lipinski definition) is 3. The van der Waals surface area contributed by atoms with Crippen LogP contribution in [-0.2, 0) is 4.79 Å². The predicted octanol–water partition coefficient (Wildman–Crippen LogP) is 3.57. The summed E-state index contributed by atoms with van der Waals surface area (Å²) in [6.45, 7) is 7.75. The van der Waals surface area contributed by atoms with Gasteiger partial charge in [-0.25, -0.2) is 0 Å². The molecule has 112 valence electrons. The van der Waals surface area contributed by atoms with Gasteiger partial charge in [-0.3, -0.25) is 10.1 Å². The van der Waals surface area contributed by atoms with Crippen molar-refractivity contribution in [3.05, 3.63) is 53.5 Å². The molecule has 0 bridgehead atoms. The molecule has 0 aliphatic rings. The summed E-state index contributed by atoms with van der Waals surface area (Å²) in [5.41, 5.74) is 1.89. The van der Waals surface area contributed by atoms with Gasteiger partial charge >= 0.3 is 0 Å². The van der Waals surface area contributed by atoms with E-state index in [4.69, 9.17) is 4.42 Å². The molecule has 0 spiro atoms. The lowest BCUT2D eigenvalue weighted by atomic mass is 10.1. The average molecular weight is 286 g/mol. The molecule has 0 aliphatic carbocycles. The largest absolute Gasteiger partial charge is 0.466 e. The molecule has 1 aromatic heterocycles. The minimum atomic E-state index is -0.296. The van der Waals surface area contributed by atoms with E-state index in [0.717, 1.165) is 22.8 Å². The van der Waals surface area contributed by atoms with E-state index >= 15 is 0 Å². The van der Waals surface area contributed by atoms with Gasteiger partial charge < -0.3 is 9.73 Å². The third kappa shape index (κ3) is 3.95. The number of rotatable bonds is 5. The highest BCUT2D eigenvalue weighted by Gasteiger charge is 2.19. The maximum Gasteiger partial charge on any atom is 0.241 e. The second-order valence-electron chi connectivity index (χ2n) is 5.33. The van der Waals surface area contributed by atoms with Crippen LogP contribution in [0.2, 0.25) is 0 Å². The Morgan fingerprint density at radius 1 is 1.14 bits per heavy atom. The first-order valence-electron chi connectivity index (χ1n) is 7.16. The van der Waals surface area contributed by atoms with Crippen LogP contribution in [0.4, 0.5) is 5.69 Å². The van der Waals surface area contributed by atoms with E-state index in [1.165, 1.54) is 0 Å². The Balaban J connectivity index is 1.96. The second-order valence-corrected chi connectivity index (χ2v) is 5.33. The van der Waals surface area contributed by atoms with Crippen LogP contribution in [0.5, 0.6) is 0 Å². The van der Waals surface area contributed by atoms with Crippen molar-refractivity contribution in [3.63, 3.8) is 0 Å². The summed E-state index contributed by atoms with van der Waals surface area (Å²) in [5.74, 6) is 1.73. The van der Waals surface area contributed by atoms with Gasteiger partial charge in [-0.1, -0.05) is 18.2 Å². The summed E-state index contributed by atoms with van der Waals surface area (Å²) in [4.78, 5) is 12.2. The highest BCUT2D eigenvalue weighted by molar-refractivity contribution is 5.94. The first-order valence-corrected chi connectivity index (χ1v) is 7.16. The summed E-state index contributed by atoms with van der Waals surface area (Å²) < 4.78 is 5.53. The van der Waals surface area contributed by atoms with Crippen LogP contribution in [0.3, 0.4) is 0 Å². The van der Waals surface area contributed by atoms with Crippen molar-refractivity contribution in [2.24, 2.45) is 0 Å². The number of carbonyl (C=O) groups is 1. The highest BCUT2D eigenvalue weighted by atomic mass is 16.3. The molecule has 0 saturated heterocycles. The maximum atomic E-state index is 12.2. The molecule has 2 atom stereocenters. The van der Waals surface area contributed by atoms with Gasteiger partial charge in [0.15, 0.2) is 0 Å². The van der Waals surface area contributed by atoms with Gasteiger partial charge in [0.05, 0.1) is 6.04 Å².